The highest BCUT2D eigenvalue weighted by Crippen LogP contribution is 2.35. The summed E-state index contributed by atoms with van der Waals surface area (Å²) in [5.74, 6) is -0.240. The van der Waals surface area contributed by atoms with Gasteiger partial charge in [-0.15, -0.1) is 0 Å². The van der Waals surface area contributed by atoms with Gasteiger partial charge in [-0.1, -0.05) is 0 Å². The number of aromatic hydroxyl groups is 1. The first-order chi connectivity index (χ1) is 7.43. The van der Waals surface area contributed by atoms with Crippen LogP contribution in [0.4, 0.5) is 5.69 Å². The molecule has 2 rings (SSSR count). The molecule has 0 atom stereocenters. The molecule has 84 valence electrons. The van der Waals surface area contributed by atoms with E-state index in [0.29, 0.717) is 10.9 Å². The zero-order valence-corrected chi connectivity index (χ0v) is 9.17. The van der Waals surface area contributed by atoms with Crippen LogP contribution in [0.2, 0.25) is 0 Å². The number of aromatic nitrogens is 1. The number of hydrogen-bond acceptors (Lipinski definition) is 5. The molecule has 1 aromatic carbocycles. The van der Waals surface area contributed by atoms with Gasteiger partial charge in [0.2, 0.25) is 5.88 Å². The SMILES string of the molecule is CS(=O)(=O)c1ccc2[nH]c(O)c(N=N)c2c1. The van der Waals surface area contributed by atoms with Crippen molar-refractivity contribution in [1.29, 1.82) is 5.53 Å². The van der Waals surface area contributed by atoms with Gasteiger partial charge in [0.25, 0.3) is 0 Å². The first-order valence-electron chi connectivity index (χ1n) is 4.35. The zero-order chi connectivity index (χ0) is 11.9. The Morgan fingerprint density at radius 1 is 1.44 bits per heavy atom. The fourth-order valence-corrected chi connectivity index (χ4v) is 2.13. The minimum Gasteiger partial charge on any atom is -0.493 e. The van der Waals surface area contributed by atoms with Crippen LogP contribution in [0.5, 0.6) is 5.88 Å². The molecule has 0 aliphatic rings. The van der Waals surface area contributed by atoms with Gasteiger partial charge in [0, 0.05) is 11.6 Å². The number of fused-ring (bicyclic) bond motifs is 1. The van der Waals surface area contributed by atoms with Gasteiger partial charge < -0.3 is 10.1 Å². The molecule has 1 aromatic heterocycles. The molecule has 6 nitrogen and oxygen atoms in total. The van der Waals surface area contributed by atoms with E-state index < -0.39 is 9.84 Å². The largest absolute Gasteiger partial charge is 0.493 e. The van der Waals surface area contributed by atoms with E-state index in [0.717, 1.165) is 6.26 Å². The second-order valence-corrected chi connectivity index (χ2v) is 5.43. The molecule has 0 unspecified atom stereocenters. The average molecular weight is 239 g/mol. The van der Waals surface area contributed by atoms with Crippen LogP contribution in [0.15, 0.2) is 28.2 Å². The highest BCUT2D eigenvalue weighted by molar-refractivity contribution is 7.90. The fraction of sp³-hybridized carbons (Fsp3) is 0.111. The van der Waals surface area contributed by atoms with Gasteiger partial charge in [-0.05, 0) is 18.2 Å². The predicted octanol–water partition coefficient (Wildman–Crippen LogP) is 1.94. The molecule has 3 N–H and O–H groups in total. The number of nitrogens with zero attached hydrogens (tertiary/aromatic N) is 1. The van der Waals surface area contributed by atoms with E-state index in [4.69, 9.17) is 5.53 Å². The Bertz CT molecular complexity index is 673. The lowest BCUT2D eigenvalue weighted by Crippen LogP contribution is -1.95. The Balaban J connectivity index is 2.84. The Morgan fingerprint density at radius 2 is 2.12 bits per heavy atom. The molecule has 2 aromatic rings. The van der Waals surface area contributed by atoms with Crippen molar-refractivity contribution in [3.05, 3.63) is 18.2 Å². The smallest absolute Gasteiger partial charge is 0.218 e. The number of rotatable bonds is 2. The van der Waals surface area contributed by atoms with Gasteiger partial charge in [-0.25, -0.2) is 13.9 Å². The molecule has 0 amide bonds. The maximum absolute atomic E-state index is 11.3. The number of hydrogen-bond donors (Lipinski definition) is 3. The van der Waals surface area contributed by atoms with E-state index in [-0.39, 0.29) is 16.5 Å². The summed E-state index contributed by atoms with van der Waals surface area (Å²) in [5, 5.41) is 13.0. The quantitative estimate of drug-likeness (QED) is 0.697. The van der Waals surface area contributed by atoms with Gasteiger partial charge >= 0.3 is 0 Å². The lowest BCUT2D eigenvalue weighted by molar-refractivity contribution is 0.459. The van der Waals surface area contributed by atoms with E-state index in [2.05, 4.69) is 10.1 Å². The molecule has 0 aliphatic carbocycles. The number of sulfone groups is 1. The molecule has 0 radical (unpaired) electrons. The predicted molar refractivity (Wildman–Crippen MR) is 57.9 cm³/mol. The van der Waals surface area contributed by atoms with Crippen LogP contribution in [-0.2, 0) is 9.84 Å². The molecule has 7 heteroatoms. The Kier molecular flexibility index (Phi) is 2.20. The first kappa shape index (κ1) is 10.6. The minimum atomic E-state index is -3.31. The Morgan fingerprint density at radius 3 is 2.69 bits per heavy atom. The average Bonchev–Trinajstić information content (AvgIpc) is 2.50. The molecule has 0 saturated carbocycles. The van der Waals surface area contributed by atoms with Crippen LogP contribution < -0.4 is 0 Å². The van der Waals surface area contributed by atoms with E-state index in [1.807, 2.05) is 0 Å². The molecular weight excluding hydrogens is 230 g/mol. The van der Waals surface area contributed by atoms with Gasteiger partial charge in [-0.2, -0.15) is 5.11 Å². The second kappa shape index (κ2) is 3.31. The fourth-order valence-electron chi connectivity index (χ4n) is 1.49. The highest BCUT2D eigenvalue weighted by atomic mass is 32.2. The van der Waals surface area contributed by atoms with Crippen LogP contribution >= 0.6 is 0 Å². The molecule has 0 saturated heterocycles. The summed E-state index contributed by atoms with van der Waals surface area (Å²) in [7, 11) is -3.31. The van der Waals surface area contributed by atoms with Crippen LogP contribution in [0, 0.1) is 5.53 Å². The first-order valence-corrected chi connectivity index (χ1v) is 6.25. The zero-order valence-electron chi connectivity index (χ0n) is 8.35. The summed E-state index contributed by atoms with van der Waals surface area (Å²) in [6.07, 6.45) is 1.10. The summed E-state index contributed by atoms with van der Waals surface area (Å²) < 4.78 is 22.7. The molecule has 1 heterocycles. The van der Waals surface area contributed by atoms with Gasteiger partial charge in [0.15, 0.2) is 15.5 Å². The molecule has 0 aliphatic heterocycles. The molecule has 0 spiro atoms. The van der Waals surface area contributed by atoms with Gasteiger partial charge in [0.05, 0.1) is 10.4 Å². The van der Waals surface area contributed by atoms with Gasteiger partial charge in [-0.3, -0.25) is 0 Å². The normalized spacial score (nSPS) is 11.8. The van der Waals surface area contributed by atoms with Crippen molar-refractivity contribution in [3.8, 4) is 5.88 Å². The van der Waals surface area contributed by atoms with Crippen LogP contribution in [0.25, 0.3) is 10.9 Å². The van der Waals surface area contributed by atoms with Crippen molar-refractivity contribution in [3.63, 3.8) is 0 Å². The summed E-state index contributed by atoms with van der Waals surface area (Å²) in [6, 6.07) is 4.34. The standard InChI is InChI=1S/C9H9N3O3S/c1-16(14,15)5-2-3-7-6(4-5)8(12-10)9(13)11-7/h2-4,10-11,13H,1H3. The number of nitrogens with one attached hydrogen (secondary N) is 2. The molecular formula is C9H9N3O3S. The number of benzene rings is 1. The lowest BCUT2D eigenvalue weighted by Gasteiger charge is -1.97. The summed E-state index contributed by atoms with van der Waals surface area (Å²) in [6.45, 7) is 0. The highest BCUT2D eigenvalue weighted by Gasteiger charge is 2.14. The van der Waals surface area contributed by atoms with Crippen LogP contribution in [0.3, 0.4) is 0 Å². The van der Waals surface area contributed by atoms with Crippen molar-refractivity contribution in [2.45, 2.75) is 4.90 Å². The maximum atomic E-state index is 11.3. The van der Waals surface area contributed by atoms with Crippen molar-refractivity contribution < 1.29 is 13.5 Å². The summed E-state index contributed by atoms with van der Waals surface area (Å²) in [4.78, 5) is 2.73. The van der Waals surface area contributed by atoms with Gasteiger partial charge in [0.1, 0.15) is 0 Å². The van der Waals surface area contributed by atoms with Crippen LogP contribution in [0.1, 0.15) is 0 Å². The van der Waals surface area contributed by atoms with E-state index in [1.54, 1.807) is 0 Å². The van der Waals surface area contributed by atoms with Crippen molar-refractivity contribution in [2.24, 2.45) is 5.11 Å². The molecule has 0 bridgehead atoms. The van der Waals surface area contributed by atoms with E-state index in [1.165, 1.54) is 18.2 Å². The van der Waals surface area contributed by atoms with Crippen molar-refractivity contribution in [2.75, 3.05) is 6.26 Å². The minimum absolute atomic E-state index is 0.0421. The number of H-pyrrole nitrogens is 1. The van der Waals surface area contributed by atoms with Crippen molar-refractivity contribution >= 4 is 26.4 Å². The van der Waals surface area contributed by atoms with Crippen molar-refractivity contribution in [1.82, 2.24) is 4.98 Å². The third-order valence-electron chi connectivity index (χ3n) is 2.26. The second-order valence-electron chi connectivity index (χ2n) is 3.41. The maximum Gasteiger partial charge on any atom is 0.218 e. The lowest BCUT2D eigenvalue weighted by atomic mass is 10.2. The summed E-state index contributed by atoms with van der Waals surface area (Å²) >= 11 is 0. The third kappa shape index (κ3) is 1.54. The summed E-state index contributed by atoms with van der Waals surface area (Å²) in [5.41, 5.74) is 7.49. The third-order valence-corrected chi connectivity index (χ3v) is 3.37. The Hall–Kier alpha value is -1.89. The molecule has 0 fully saturated rings. The Labute approximate surface area is 91.3 Å². The number of aromatic amines is 1. The topological polar surface area (TPSA) is 106 Å². The van der Waals surface area contributed by atoms with E-state index in [9.17, 15) is 13.5 Å². The molecule has 16 heavy (non-hydrogen) atoms. The van der Waals surface area contributed by atoms with Crippen LogP contribution in [-0.4, -0.2) is 24.8 Å². The van der Waals surface area contributed by atoms with E-state index >= 15 is 0 Å². The monoisotopic (exact) mass is 239 g/mol.